The number of carbonyl (C=O) groups is 2. The molecule has 0 unspecified atom stereocenters. The van der Waals surface area contributed by atoms with Crippen LogP contribution in [0.25, 0.3) is 11.0 Å². The van der Waals surface area contributed by atoms with Crippen molar-refractivity contribution in [1.82, 2.24) is 34.9 Å². The van der Waals surface area contributed by atoms with Crippen molar-refractivity contribution in [3.63, 3.8) is 0 Å². The lowest BCUT2D eigenvalue weighted by atomic mass is 10.1. The predicted octanol–water partition coefficient (Wildman–Crippen LogP) is 0.821. The van der Waals surface area contributed by atoms with Gasteiger partial charge in [0.25, 0.3) is 5.91 Å². The third kappa shape index (κ3) is 4.41. The van der Waals surface area contributed by atoms with Crippen molar-refractivity contribution in [2.75, 3.05) is 18.8 Å². The lowest BCUT2D eigenvalue weighted by molar-refractivity contribution is -0.127. The van der Waals surface area contributed by atoms with Crippen LogP contribution < -0.4 is 11.1 Å². The topological polar surface area (TPSA) is 132 Å². The van der Waals surface area contributed by atoms with Crippen molar-refractivity contribution in [3.8, 4) is 11.8 Å². The van der Waals surface area contributed by atoms with Crippen LogP contribution in [0.2, 0.25) is 0 Å². The van der Waals surface area contributed by atoms with Crippen molar-refractivity contribution >= 4 is 28.7 Å². The Hall–Kier alpha value is -4.26. The molecule has 0 aliphatic carbocycles. The number of rotatable bonds is 4. The number of piperidine rings is 1. The largest absolute Gasteiger partial charge is 0.383 e. The zero-order valence-electron chi connectivity index (χ0n) is 17.4. The van der Waals surface area contributed by atoms with Gasteiger partial charge in [0, 0.05) is 25.2 Å². The summed E-state index contributed by atoms with van der Waals surface area (Å²) in [6.07, 6.45) is 5.97. The molecule has 1 aliphatic rings. The summed E-state index contributed by atoms with van der Waals surface area (Å²) < 4.78 is 1.73. The number of nitrogens with two attached hydrogens (primary N) is 1. The molecule has 0 bridgehead atoms. The van der Waals surface area contributed by atoms with E-state index in [1.807, 2.05) is 12.1 Å². The van der Waals surface area contributed by atoms with Crippen LogP contribution in [-0.2, 0) is 16.1 Å². The van der Waals surface area contributed by atoms with Gasteiger partial charge in [0.05, 0.1) is 23.7 Å². The van der Waals surface area contributed by atoms with Gasteiger partial charge < -0.3 is 16.0 Å². The van der Waals surface area contributed by atoms with E-state index in [1.54, 1.807) is 21.8 Å². The fourth-order valence-corrected chi connectivity index (χ4v) is 3.65. The first kappa shape index (κ1) is 21.0. The minimum absolute atomic E-state index is 0.0991. The Kier molecular flexibility index (Phi) is 6.07. The van der Waals surface area contributed by atoms with Gasteiger partial charge in [0.15, 0.2) is 5.65 Å². The number of nitrogens with zero attached hydrogens (tertiary/aromatic N) is 6. The molecular formula is C22H22N8O2. The van der Waals surface area contributed by atoms with E-state index >= 15 is 0 Å². The Bertz CT molecular complexity index is 1230. The van der Waals surface area contributed by atoms with Gasteiger partial charge in [-0.25, -0.2) is 14.6 Å². The average molecular weight is 430 g/mol. The Morgan fingerprint density at radius 3 is 2.97 bits per heavy atom. The number of hydrogen-bond donors (Lipinski definition) is 2. The summed E-state index contributed by atoms with van der Waals surface area (Å²) >= 11 is 0. The van der Waals surface area contributed by atoms with Gasteiger partial charge in [-0.2, -0.15) is 5.10 Å². The summed E-state index contributed by atoms with van der Waals surface area (Å²) in [5, 5.41) is 7.78. The number of pyridine rings is 1. The molecule has 2 amide bonds. The molecule has 1 atom stereocenters. The lowest BCUT2D eigenvalue weighted by Gasteiger charge is -2.32. The van der Waals surface area contributed by atoms with Crippen LogP contribution in [0.4, 0.5) is 5.82 Å². The molecule has 3 aromatic rings. The van der Waals surface area contributed by atoms with E-state index in [1.165, 1.54) is 12.4 Å². The first-order valence-corrected chi connectivity index (χ1v) is 10.2. The highest BCUT2D eigenvalue weighted by Gasteiger charge is 2.27. The molecule has 0 aromatic carbocycles. The predicted molar refractivity (Wildman–Crippen MR) is 118 cm³/mol. The van der Waals surface area contributed by atoms with Crippen LogP contribution in [0, 0.1) is 11.8 Å². The maximum atomic E-state index is 12.2. The molecule has 1 fully saturated rings. The summed E-state index contributed by atoms with van der Waals surface area (Å²) in [5.41, 5.74) is 7.65. The van der Waals surface area contributed by atoms with Gasteiger partial charge in [-0.1, -0.05) is 12.6 Å². The van der Waals surface area contributed by atoms with Gasteiger partial charge in [0.1, 0.15) is 17.8 Å². The maximum Gasteiger partial charge on any atom is 0.296 e. The fourth-order valence-electron chi connectivity index (χ4n) is 3.65. The number of likely N-dealkylation sites (tertiary alicyclic amines) is 1. The third-order valence-corrected chi connectivity index (χ3v) is 5.20. The molecule has 32 heavy (non-hydrogen) atoms. The molecule has 0 saturated carbocycles. The fraction of sp³-hybridized carbons (Fsp3) is 0.273. The van der Waals surface area contributed by atoms with Gasteiger partial charge >= 0.3 is 0 Å². The molecule has 4 rings (SSSR count). The van der Waals surface area contributed by atoms with Crippen molar-refractivity contribution in [3.05, 3.63) is 54.8 Å². The molecule has 0 spiro atoms. The van der Waals surface area contributed by atoms with E-state index in [0.717, 1.165) is 18.5 Å². The molecule has 10 heteroatoms. The van der Waals surface area contributed by atoms with Crippen molar-refractivity contribution < 1.29 is 9.59 Å². The summed E-state index contributed by atoms with van der Waals surface area (Å²) in [6.45, 7) is 4.97. The van der Waals surface area contributed by atoms with Crippen LogP contribution >= 0.6 is 0 Å². The Morgan fingerprint density at radius 2 is 2.19 bits per heavy atom. The molecule has 162 valence electrons. The molecule has 0 radical (unpaired) electrons. The summed E-state index contributed by atoms with van der Waals surface area (Å²) in [7, 11) is 0. The molecule has 1 saturated heterocycles. The molecule has 3 N–H and O–H groups in total. The molecule has 4 heterocycles. The Labute approximate surface area is 184 Å². The maximum absolute atomic E-state index is 12.2. The zero-order chi connectivity index (χ0) is 22.5. The molecule has 3 aromatic heterocycles. The van der Waals surface area contributed by atoms with Crippen molar-refractivity contribution in [1.29, 1.82) is 0 Å². The zero-order valence-corrected chi connectivity index (χ0v) is 17.4. The van der Waals surface area contributed by atoms with E-state index in [-0.39, 0.29) is 24.3 Å². The van der Waals surface area contributed by atoms with E-state index < -0.39 is 5.91 Å². The second-order valence-corrected chi connectivity index (χ2v) is 7.29. The highest BCUT2D eigenvalue weighted by molar-refractivity contribution is 5.96. The monoisotopic (exact) mass is 430 g/mol. The van der Waals surface area contributed by atoms with Crippen molar-refractivity contribution in [2.45, 2.75) is 25.4 Å². The molecule has 1 aliphatic heterocycles. The summed E-state index contributed by atoms with van der Waals surface area (Å²) in [4.78, 5) is 38.5. The van der Waals surface area contributed by atoms with Gasteiger partial charge in [-0.3, -0.25) is 14.6 Å². The number of aromatic nitrogens is 5. The van der Waals surface area contributed by atoms with Crippen LogP contribution in [-0.4, -0.2) is 54.5 Å². The molecule has 10 nitrogen and oxygen atoms in total. The first-order chi connectivity index (χ1) is 15.6. The lowest BCUT2D eigenvalue weighted by Crippen LogP contribution is -2.40. The number of hydrogen-bond acceptors (Lipinski definition) is 7. The van der Waals surface area contributed by atoms with Crippen molar-refractivity contribution in [2.24, 2.45) is 0 Å². The normalized spacial score (nSPS) is 15.6. The number of anilines is 1. The number of fused-ring (bicyclic) bond motifs is 1. The van der Waals surface area contributed by atoms with Gasteiger partial charge in [-0.05, 0) is 37.0 Å². The number of nitrogens with one attached hydrogen (secondary N) is 1. The summed E-state index contributed by atoms with van der Waals surface area (Å²) in [6, 6.07) is 5.36. The smallest absolute Gasteiger partial charge is 0.296 e. The standard InChI is InChI=1S/C22H22N8O2/c1-2-19(32)29-11-5-7-16(13-29)30-22-20(21(23)26-14-27-22)17(28-30)8-9-18(31)25-12-15-6-3-4-10-24-15/h2-4,6,10,14,16H,1,5,7,11-13H2,(H,25,31)(H2,23,26,27)/t16-/m1/s1. The third-order valence-electron chi connectivity index (χ3n) is 5.20. The minimum atomic E-state index is -0.464. The Balaban J connectivity index is 1.59. The number of amides is 2. The van der Waals surface area contributed by atoms with Crippen LogP contribution in [0.5, 0.6) is 0 Å². The highest BCUT2D eigenvalue weighted by Crippen LogP contribution is 2.28. The van der Waals surface area contributed by atoms with E-state index in [2.05, 4.69) is 43.8 Å². The first-order valence-electron chi connectivity index (χ1n) is 10.2. The van der Waals surface area contributed by atoms with Gasteiger partial charge in [0.2, 0.25) is 5.91 Å². The average Bonchev–Trinajstić information content (AvgIpc) is 3.21. The quantitative estimate of drug-likeness (QED) is 0.463. The van der Waals surface area contributed by atoms with E-state index in [9.17, 15) is 9.59 Å². The van der Waals surface area contributed by atoms with E-state index in [0.29, 0.717) is 29.8 Å². The number of carbonyl (C=O) groups excluding carboxylic acids is 2. The molecular weight excluding hydrogens is 408 g/mol. The summed E-state index contributed by atoms with van der Waals surface area (Å²) in [5.74, 6) is 4.99. The van der Waals surface area contributed by atoms with Crippen LogP contribution in [0.3, 0.4) is 0 Å². The van der Waals surface area contributed by atoms with Gasteiger partial charge in [-0.15, -0.1) is 0 Å². The van der Waals surface area contributed by atoms with Crippen LogP contribution in [0.1, 0.15) is 30.3 Å². The SMILES string of the molecule is C=CC(=O)N1CCC[C@@H](n2nc(C#CC(=O)NCc3ccccn3)c3c(N)ncnc32)C1. The minimum Gasteiger partial charge on any atom is -0.383 e. The second kappa shape index (κ2) is 9.26. The van der Waals surface area contributed by atoms with Crippen LogP contribution in [0.15, 0.2) is 43.4 Å². The highest BCUT2D eigenvalue weighted by atomic mass is 16.2. The second-order valence-electron chi connectivity index (χ2n) is 7.29. The number of nitrogen functional groups attached to an aromatic ring is 1. The Morgan fingerprint density at radius 1 is 1.31 bits per heavy atom. The van der Waals surface area contributed by atoms with E-state index in [4.69, 9.17) is 5.73 Å².